The minimum absolute atomic E-state index is 0.0922. The lowest BCUT2D eigenvalue weighted by molar-refractivity contribution is -0.142. The zero-order valence-electron chi connectivity index (χ0n) is 19.5. The van der Waals surface area contributed by atoms with Crippen molar-refractivity contribution in [3.63, 3.8) is 0 Å². The summed E-state index contributed by atoms with van der Waals surface area (Å²) in [5.74, 6) is -1.46. The molecule has 9 heteroatoms. The number of aliphatic carboxylic acids is 1. The van der Waals surface area contributed by atoms with Crippen LogP contribution in [0.25, 0.3) is 17.1 Å². The van der Waals surface area contributed by atoms with E-state index in [0.29, 0.717) is 17.2 Å². The van der Waals surface area contributed by atoms with E-state index < -0.39 is 17.9 Å². The number of carbonyl (C=O) groups excluding carboxylic acids is 2. The number of anilines is 1. The van der Waals surface area contributed by atoms with Gasteiger partial charge in [0.2, 0.25) is 11.7 Å². The Bertz CT molecular complexity index is 1450. The van der Waals surface area contributed by atoms with Crippen LogP contribution in [0.4, 0.5) is 5.69 Å². The number of fused-ring (bicyclic) bond motifs is 1. The van der Waals surface area contributed by atoms with Crippen molar-refractivity contribution in [2.75, 3.05) is 5.32 Å². The van der Waals surface area contributed by atoms with Gasteiger partial charge in [-0.2, -0.15) is 0 Å². The van der Waals surface area contributed by atoms with Crippen LogP contribution in [0.5, 0.6) is 0 Å². The summed E-state index contributed by atoms with van der Waals surface area (Å²) in [6.45, 7) is 1.59. The highest BCUT2D eigenvalue weighted by molar-refractivity contribution is 5.94. The second kappa shape index (κ2) is 9.46. The predicted molar refractivity (Wildman–Crippen MR) is 133 cm³/mol. The molecule has 9 nitrogen and oxygen atoms in total. The molecule has 0 unspecified atom stereocenters. The molecule has 5 rings (SSSR count). The van der Waals surface area contributed by atoms with Crippen LogP contribution in [0.3, 0.4) is 0 Å². The number of rotatable bonds is 5. The van der Waals surface area contributed by atoms with E-state index in [2.05, 4.69) is 15.4 Å². The largest absolute Gasteiger partial charge is 0.480 e. The molecule has 0 aliphatic carbocycles. The summed E-state index contributed by atoms with van der Waals surface area (Å²) >= 11 is 0. The molecule has 1 aliphatic heterocycles. The Hall–Kier alpha value is -4.79. The van der Waals surface area contributed by atoms with E-state index >= 15 is 0 Å². The monoisotopic (exact) mass is 481 g/mol. The smallest absolute Gasteiger partial charge is 0.326 e. The van der Waals surface area contributed by atoms with Gasteiger partial charge < -0.3 is 15.3 Å². The van der Waals surface area contributed by atoms with Gasteiger partial charge in [0.25, 0.3) is 5.91 Å². The highest BCUT2D eigenvalue weighted by Gasteiger charge is 2.37. The zero-order valence-corrected chi connectivity index (χ0v) is 19.5. The molecular weight excluding hydrogens is 458 g/mol. The zero-order chi connectivity index (χ0) is 25.2. The van der Waals surface area contributed by atoms with E-state index in [9.17, 15) is 19.5 Å². The summed E-state index contributed by atoms with van der Waals surface area (Å²) in [6, 6.07) is 22.8. The molecule has 2 N–H and O–H groups in total. The summed E-state index contributed by atoms with van der Waals surface area (Å²) in [5, 5.41) is 17.1. The molecule has 0 bridgehead atoms. The highest BCUT2D eigenvalue weighted by Crippen LogP contribution is 2.27. The van der Waals surface area contributed by atoms with Crippen molar-refractivity contribution in [2.45, 2.75) is 25.9 Å². The van der Waals surface area contributed by atoms with Crippen LogP contribution in [0, 0.1) is 0 Å². The van der Waals surface area contributed by atoms with Crippen LogP contribution in [-0.2, 0) is 22.6 Å². The van der Waals surface area contributed by atoms with Gasteiger partial charge in [0, 0.05) is 31.1 Å². The second-order valence-electron chi connectivity index (χ2n) is 8.52. The molecule has 0 spiro atoms. The first-order valence-corrected chi connectivity index (χ1v) is 11.4. The molecule has 4 aromatic rings. The number of hydrogen-bond donors (Lipinski definition) is 2. The average molecular weight is 482 g/mol. The molecule has 180 valence electrons. The molecule has 36 heavy (non-hydrogen) atoms. The summed E-state index contributed by atoms with van der Waals surface area (Å²) in [6.07, 6.45) is 0.216. The standard InChI is InChI=1S/C27H23N5O4/c1-17(33)28-21-11-13-22(14-12-21)32-25(18-7-3-2-4-8-18)29-24(30-32)26(34)31-16-20-10-6-5-9-19(20)15-23(31)27(35)36/h2-14,23H,15-16H2,1H3,(H,28,33)(H,35,36)/t23-/m0/s1. The number of carbonyl (C=O) groups is 3. The van der Waals surface area contributed by atoms with Gasteiger partial charge in [-0.3, -0.25) is 9.59 Å². The molecule has 0 fully saturated rings. The van der Waals surface area contributed by atoms with E-state index in [1.165, 1.54) is 11.8 Å². The van der Waals surface area contributed by atoms with Crippen molar-refractivity contribution < 1.29 is 19.5 Å². The molecule has 3 aromatic carbocycles. The summed E-state index contributed by atoms with van der Waals surface area (Å²) in [7, 11) is 0. The first-order valence-electron chi connectivity index (χ1n) is 11.4. The maximum absolute atomic E-state index is 13.6. The lowest BCUT2D eigenvalue weighted by atomic mass is 9.94. The SMILES string of the molecule is CC(=O)Nc1ccc(-n2nc(C(=O)N3Cc4ccccc4C[C@H]3C(=O)O)nc2-c2ccccc2)cc1. The molecule has 1 aliphatic rings. The molecule has 0 saturated carbocycles. The van der Waals surface area contributed by atoms with Crippen molar-refractivity contribution in [1.29, 1.82) is 0 Å². The fourth-order valence-electron chi connectivity index (χ4n) is 4.33. The number of nitrogens with one attached hydrogen (secondary N) is 1. The minimum atomic E-state index is -1.07. The fraction of sp³-hybridized carbons (Fsp3) is 0.148. The van der Waals surface area contributed by atoms with Crippen molar-refractivity contribution in [3.8, 4) is 17.1 Å². The molecule has 2 heterocycles. The summed E-state index contributed by atoms with van der Waals surface area (Å²) in [5.41, 5.74) is 3.82. The average Bonchev–Trinajstić information content (AvgIpc) is 3.33. The third kappa shape index (κ3) is 4.46. The Labute approximate surface area is 207 Å². The van der Waals surface area contributed by atoms with Crippen molar-refractivity contribution in [1.82, 2.24) is 19.7 Å². The van der Waals surface area contributed by atoms with Gasteiger partial charge in [-0.15, -0.1) is 5.10 Å². The molecule has 0 radical (unpaired) electrons. The number of amides is 2. The number of hydrogen-bond acceptors (Lipinski definition) is 5. The molecule has 2 amide bonds. The van der Waals surface area contributed by atoms with E-state index in [1.807, 2.05) is 54.6 Å². The van der Waals surface area contributed by atoms with Crippen molar-refractivity contribution >= 4 is 23.5 Å². The molecule has 1 aromatic heterocycles. The Balaban J connectivity index is 1.55. The van der Waals surface area contributed by atoms with Gasteiger partial charge in [-0.05, 0) is 35.4 Å². The van der Waals surface area contributed by atoms with E-state index in [1.54, 1.807) is 28.9 Å². The van der Waals surface area contributed by atoms with Gasteiger partial charge in [0.1, 0.15) is 6.04 Å². The normalized spacial score (nSPS) is 14.7. The lowest BCUT2D eigenvalue weighted by Gasteiger charge is -2.33. The Morgan fingerprint density at radius 3 is 2.25 bits per heavy atom. The van der Waals surface area contributed by atoms with Gasteiger partial charge in [0.05, 0.1) is 5.69 Å². The predicted octanol–water partition coefficient (Wildman–Crippen LogP) is 3.54. The van der Waals surface area contributed by atoms with Crippen LogP contribution in [0.2, 0.25) is 0 Å². The number of nitrogens with zero attached hydrogens (tertiary/aromatic N) is 4. The number of benzene rings is 3. The number of carboxylic acid groups (broad SMARTS) is 1. The third-order valence-electron chi connectivity index (χ3n) is 6.06. The number of carboxylic acids is 1. The third-order valence-corrected chi connectivity index (χ3v) is 6.06. The Kier molecular flexibility index (Phi) is 6.03. The summed E-state index contributed by atoms with van der Waals surface area (Å²) in [4.78, 5) is 42.9. The number of aromatic nitrogens is 3. The van der Waals surface area contributed by atoms with Crippen LogP contribution in [0.15, 0.2) is 78.9 Å². The van der Waals surface area contributed by atoms with E-state index in [-0.39, 0.29) is 24.7 Å². The van der Waals surface area contributed by atoms with Crippen LogP contribution < -0.4 is 5.32 Å². The van der Waals surface area contributed by atoms with Crippen LogP contribution in [-0.4, -0.2) is 48.6 Å². The maximum Gasteiger partial charge on any atom is 0.326 e. The highest BCUT2D eigenvalue weighted by atomic mass is 16.4. The quantitative estimate of drug-likeness (QED) is 0.450. The van der Waals surface area contributed by atoms with Gasteiger partial charge in [-0.1, -0.05) is 54.6 Å². The maximum atomic E-state index is 13.6. The molecule has 1 atom stereocenters. The molecular formula is C27H23N5O4. The van der Waals surface area contributed by atoms with Crippen LogP contribution >= 0.6 is 0 Å². The van der Waals surface area contributed by atoms with Crippen molar-refractivity contribution in [2.24, 2.45) is 0 Å². The Morgan fingerprint density at radius 2 is 1.58 bits per heavy atom. The van der Waals surface area contributed by atoms with Gasteiger partial charge in [-0.25, -0.2) is 14.5 Å². The summed E-state index contributed by atoms with van der Waals surface area (Å²) < 4.78 is 1.55. The van der Waals surface area contributed by atoms with Crippen molar-refractivity contribution in [3.05, 3.63) is 95.8 Å². The Morgan fingerprint density at radius 1 is 0.917 bits per heavy atom. The molecule has 0 saturated heterocycles. The second-order valence-corrected chi connectivity index (χ2v) is 8.52. The fourth-order valence-corrected chi connectivity index (χ4v) is 4.33. The first kappa shape index (κ1) is 23.0. The van der Waals surface area contributed by atoms with Crippen LogP contribution in [0.1, 0.15) is 28.7 Å². The van der Waals surface area contributed by atoms with E-state index in [0.717, 1.165) is 16.7 Å². The first-order chi connectivity index (χ1) is 17.4. The van der Waals surface area contributed by atoms with E-state index in [4.69, 9.17) is 0 Å². The minimum Gasteiger partial charge on any atom is -0.480 e. The lowest BCUT2D eigenvalue weighted by Crippen LogP contribution is -2.49. The van der Waals surface area contributed by atoms with Gasteiger partial charge in [0.15, 0.2) is 5.82 Å². The topological polar surface area (TPSA) is 117 Å². The van der Waals surface area contributed by atoms with Gasteiger partial charge >= 0.3 is 5.97 Å².